The number of rotatable bonds is 3. The SMILES string of the molecule is Cl.NC1CC2CCCC(C1)C2NC(=O)C1CC(=O)N(C2CCS(=O)(=O)C2)C1. The van der Waals surface area contributed by atoms with E-state index in [1.165, 1.54) is 6.42 Å². The highest BCUT2D eigenvalue weighted by Crippen LogP contribution is 2.40. The van der Waals surface area contributed by atoms with Gasteiger partial charge in [0, 0.05) is 31.1 Å². The molecule has 7 nitrogen and oxygen atoms in total. The Balaban J connectivity index is 0.00000210. The van der Waals surface area contributed by atoms with Crippen LogP contribution in [0.1, 0.15) is 44.9 Å². The molecule has 3 N–H and O–H groups in total. The normalized spacial score (nSPS) is 40.5. The topological polar surface area (TPSA) is 110 Å². The first-order chi connectivity index (χ1) is 12.3. The van der Waals surface area contributed by atoms with Crippen molar-refractivity contribution in [1.29, 1.82) is 0 Å². The van der Waals surface area contributed by atoms with Gasteiger partial charge in [-0.05, 0) is 43.9 Å². The number of hydrogen-bond donors (Lipinski definition) is 2. The lowest BCUT2D eigenvalue weighted by atomic mass is 9.67. The van der Waals surface area contributed by atoms with Crippen molar-refractivity contribution in [3.05, 3.63) is 0 Å². The van der Waals surface area contributed by atoms with Crippen molar-refractivity contribution in [2.24, 2.45) is 23.5 Å². The molecule has 9 heteroatoms. The fraction of sp³-hybridized carbons (Fsp3) is 0.889. The van der Waals surface area contributed by atoms with Gasteiger partial charge in [-0.2, -0.15) is 0 Å². The van der Waals surface area contributed by atoms with E-state index in [2.05, 4.69) is 5.32 Å². The summed E-state index contributed by atoms with van der Waals surface area (Å²) in [5, 5.41) is 3.24. The predicted octanol–water partition coefficient (Wildman–Crippen LogP) is 0.466. The van der Waals surface area contributed by atoms with Crippen molar-refractivity contribution in [3.63, 3.8) is 0 Å². The minimum atomic E-state index is -3.04. The van der Waals surface area contributed by atoms with Crippen LogP contribution >= 0.6 is 12.4 Å². The van der Waals surface area contributed by atoms with Crippen LogP contribution < -0.4 is 11.1 Å². The third-order valence-corrected chi connectivity index (χ3v) is 8.61. The maximum Gasteiger partial charge on any atom is 0.225 e. The third kappa shape index (κ3) is 4.27. The molecule has 2 saturated heterocycles. The summed E-state index contributed by atoms with van der Waals surface area (Å²) in [6.45, 7) is 0.354. The number of amides is 2. The van der Waals surface area contributed by atoms with Crippen LogP contribution in [0.4, 0.5) is 0 Å². The molecule has 4 aliphatic rings. The molecule has 2 saturated carbocycles. The highest BCUT2D eigenvalue weighted by atomic mass is 35.5. The maximum absolute atomic E-state index is 12.8. The Hall–Kier alpha value is -0.860. The number of nitrogens with two attached hydrogens (primary N) is 1. The summed E-state index contributed by atoms with van der Waals surface area (Å²) >= 11 is 0. The molecule has 0 aromatic rings. The van der Waals surface area contributed by atoms with Crippen LogP contribution in [0.2, 0.25) is 0 Å². The lowest BCUT2D eigenvalue weighted by Crippen LogP contribution is -2.55. The molecule has 0 radical (unpaired) electrons. The Morgan fingerprint density at radius 1 is 1.15 bits per heavy atom. The first-order valence-corrected chi connectivity index (χ1v) is 11.7. The average Bonchev–Trinajstić information content (AvgIpc) is 3.10. The summed E-state index contributed by atoms with van der Waals surface area (Å²) in [6, 6.07) is 0.177. The van der Waals surface area contributed by atoms with Crippen LogP contribution in [0.15, 0.2) is 0 Å². The minimum absolute atomic E-state index is 0. The molecule has 0 aromatic heterocycles. The van der Waals surface area contributed by atoms with E-state index in [0.717, 1.165) is 25.7 Å². The summed E-state index contributed by atoms with van der Waals surface area (Å²) in [4.78, 5) is 26.8. The molecule has 4 fully saturated rings. The van der Waals surface area contributed by atoms with Crippen LogP contribution in [0.25, 0.3) is 0 Å². The molecule has 4 atom stereocenters. The molecule has 0 spiro atoms. The lowest BCUT2D eigenvalue weighted by Gasteiger charge is -2.45. The molecule has 2 aliphatic heterocycles. The second-order valence-electron chi connectivity index (χ2n) is 8.72. The van der Waals surface area contributed by atoms with Crippen LogP contribution in [-0.4, -0.2) is 61.3 Å². The average molecular weight is 420 g/mol. The fourth-order valence-electron chi connectivity index (χ4n) is 5.59. The quantitative estimate of drug-likeness (QED) is 0.690. The van der Waals surface area contributed by atoms with Gasteiger partial charge in [0.2, 0.25) is 11.8 Å². The van der Waals surface area contributed by atoms with E-state index in [0.29, 0.717) is 24.8 Å². The molecule has 27 heavy (non-hydrogen) atoms. The van der Waals surface area contributed by atoms with Crippen molar-refractivity contribution < 1.29 is 18.0 Å². The first kappa shape index (κ1) is 20.9. The number of nitrogens with one attached hydrogen (secondary N) is 1. The summed E-state index contributed by atoms with van der Waals surface area (Å²) in [5.74, 6) is 0.602. The number of hydrogen-bond acceptors (Lipinski definition) is 5. The standard InChI is InChI=1S/C18H29N3O4S.ClH/c19-14-6-11-2-1-3-12(7-14)17(11)20-18(23)13-8-16(22)21(9-13)15-4-5-26(24,25)10-15;/h11-15,17H,1-10,19H2,(H,20,23);1H. The van der Waals surface area contributed by atoms with E-state index in [1.807, 2.05) is 0 Å². The number of carbonyl (C=O) groups excluding carboxylic acids is 2. The van der Waals surface area contributed by atoms with E-state index in [9.17, 15) is 18.0 Å². The van der Waals surface area contributed by atoms with Gasteiger partial charge in [-0.15, -0.1) is 12.4 Å². The van der Waals surface area contributed by atoms with E-state index in [4.69, 9.17) is 5.73 Å². The monoisotopic (exact) mass is 419 g/mol. The summed E-state index contributed by atoms with van der Waals surface area (Å²) in [7, 11) is -3.04. The number of nitrogens with zero attached hydrogens (tertiary/aromatic N) is 1. The highest BCUT2D eigenvalue weighted by Gasteiger charge is 2.44. The fourth-order valence-corrected chi connectivity index (χ4v) is 7.32. The molecular weight excluding hydrogens is 390 g/mol. The summed E-state index contributed by atoms with van der Waals surface area (Å²) in [5.41, 5.74) is 6.16. The van der Waals surface area contributed by atoms with Gasteiger partial charge in [-0.3, -0.25) is 9.59 Å². The Morgan fingerprint density at radius 3 is 2.41 bits per heavy atom. The predicted molar refractivity (Wildman–Crippen MR) is 104 cm³/mol. The largest absolute Gasteiger partial charge is 0.353 e. The van der Waals surface area contributed by atoms with Gasteiger partial charge in [-0.25, -0.2) is 8.42 Å². The van der Waals surface area contributed by atoms with Gasteiger partial charge in [-0.1, -0.05) is 6.42 Å². The number of likely N-dealkylation sites (tertiary alicyclic amines) is 1. The maximum atomic E-state index is 12.8. The van der Waals surface area contributed by atoms with E-state index in [-0.39, 0.29) is 66.2 Å². The molecule has 154 valence electrons. The van der Waals surface area contributed by atoms with Crippen LogP contribution in [0.5, 0.6) is 0 Å². The smallest absolute Gasteiger partial charge is 0.225 e. The molecule has 2 bridgehead atoms. The number of carbonyl (C=O) groups is 2. The molecule has 4 unspecified atom stereocenters. The van der Waals surface area contributed by atoms with E-state index >= 15 is 0 Å². The zero-order valence-electron chi connectivity index (χ0n) is 15.5. The number of fused-ring (bicyclic) bond motifs is 2. The molecular formula is C18H30ClN3O4S. The van der Waals surface area contributed by atoms with Gasteiger partial charge in [0.05, 0.1) is 17.4 Å². The van der Waals surface area contributed by atoms with Gasteiger partial charge < -0.3 is 16.0 Å². The molecule has 2 amide bonds. The van der Waals surface area contributed by atoms with Gasteiger partial charge in [0.15, 0.2) is 9.84 Å². The Morgan fingerprint density at radius 2 is 1.81 bits per heavy atom. The Labute approximate surface area is 167 Å². The van der Waals surface area contributed by atoms with Crippen LogP contribution in [0.3, 0.4) is 0 Å². The molecule has 0 aromatic carbocycles. The second-order valence-corrected chi connectivity index (χ2v) is 10.9. The van der Waals surface area contributed by atoms with Crippen molar-refractivity contribution in [2.75, 3.05) is 18.1 Å². The van der Waals surface area contributed by atoms with E-state index < -0.39 is 9.84 Å². The van der Waals surface area contributed by atoms with Crippen molar-refractivity contribution in [1.82, 2.24) is 10.2 Å². The summed E-state index contributed by atoms with van der Waals surface area (Å²) in [6.07, 6.45) is 6.07. The number of halogens is 1. The minimum Gasteiger partial charge on any atom is -0.353 e. The molecule has 2 heterocycles. The van der Waals surface area contributed by atoms with Crippen molar-refractivity contribution >= 4 is 34.1 Å². The Bertz CT molecular complexity index is 687. The zero-order valence-corrected chi connectivity index (χ0v) is 17.1. The van der Waals surface area contributed by atoms with Gasteiger partial charge >= 0.3 is 0 Å². The van der Waals surface area contributed by atoms with Gasteiger partial charge in [0.25, 0.3) is 0 Å². The van der Waals surface area contributed by atoms with Crippen LogP contribution in [-0.2, 0) is 19.4 Å². The van der Waals surface area contributed by atoms with Crippen molar-refractivity contribution in [2.45, 2.75) is 63.1 Å². The first-order valence-electron chi connectivity index (χ1n) is 9.88. The second kappa shape index (κ2) is 7.87. The zero-order chi connectivity index (χ0) is 18.5. The van der Waals surface area contributed by atoms with Gasteiger partial charge in [0.1, 0.15) is 0 Å². The lowest BCUT2D eigenvalue weighted by molar-refractivity contribution is -0.130. The van der Waals surface area contributed by atoms with E-state index in [1.54, 1.807) is 4.90 Å². The number of sulfone groups is 1. The van der Waals surface area contributed by atoms with Crippen LogP contribution in [0, 0.1) is 17.8 Å². The molecule has 4 rings (SSSR count). The third-order valence-electron chi connectivity index (χ3n) is 6.86. The molecule has 2 aliphatic carbocycles. The Kier molecular flexibility index (Phi) is 6.08. The van der Waals surface area contributed by atoms with Crippen molar-refractivity contribution in [3.8, 4) is 0 Å². The summed E-state index contributed by atoms with van der Waals surface area (Å²) < 4.78 is 23.4. The highest BCUT2D eigenvalue weighted by molar-refractivity contribution is 7.91.